The number of likely N-dealkylation sites (tertiary alicyclic amines) is 1. The van der Waals surface area contributed by atoms with Crippen LogP contribution in [0.3, 0.4) is 0 Å². The van der Waals surface area contributed by atoms with Gasteiger partial charge in [-0.05, 0) is 5.92 Å². The maximum atomic E-state index is 14.4. The number of hydrogen-bond acceptors (Lipinski definition) is 4. The molecule has 2 amide bonds. The van der Waals surface area contributed by atoms with Crippen molar-refractivity contribution in [1.82, 2.24) is 4.90 Å². The summed E-state index contributed by atoms with van der Waals surface area (Å²) in [6, 6.07) is 0. The van der Waals surface area contributed by atoms with Crippen molar-refractivity contribution in [1.29, 1.82) is 0 Å². The first-order chi connectivity index (χ1) is 10.2. The van der Waals surface area contributed by atoms with E-state index in [-0.39, 0.29) is 10.8 Å². The third-order valence-corrected chi connectivity index (χ3v) is 5.57. The van der Waals surface area contributed by atoms with Crippen LogP contribution < -0.4 is 0 Å². The lowest BCUT2D eigenvalue weighted by atomic mass is 9.95. The maximum absolute atomic E-state index is 14.4. The van der Waals surface area contributed by atoms with E-state index in [0.717, 1.165) is 0 Å². The van der Waals surface area contributed by atoms with Crippen LogP contribution in [-0.2, 0) is 19.4 Å². The molecule has 0 spiro atoms. The van der Waals surface area contributed by atoms with Gasteiger partial charge >= 0.3 is 6.18 Å². The molecule has 1 atom stereocenters. The molecule has 0 radical (unpaired) electrons. The molecule has 1 aliphatic rings. The van der Waals surface area contributed by atoms with Crippen molar-refractivity contribution < 1.29 is 35.6 Å². The van der Waals surface area contributed by atoms with Crippen molar-refractivity contribution in [2.24, 2.45) is 11.8 Å². The number of rotatable bonds is 5. The van der Waals surface area contributed by atoms with Crippen LogP contribution >= 0.6 is 11.6 Å². The van der Waals surface area contributed by atoms with Crippen LogP contribution in [0.5, 0.6) is 0 Å². The molecule has 1 heterocycles. The molecule has 1 aliphatic heterocycles. The van der Waals surface area contributed by atoms with Crippen LogP contribution in [0.4, 0.5) is 17.6 Å². The minimum absolute atomic E-state index is 0.214. The third-order valence-electron chi connectivity index (χ3n) is 3.11. The highest BCUT2D eigenvalue weighted by molar-refractivity contribution is 7.91. The predicted molar refractivity (Wildman–Crippen MR) is 73.8 cm³/mol. The summed E-state index contributed by atoms with van der Waals surface area (Å²) in [5.41, 5.74) is 0. The topological polar surface area (TPSA) is 71.5 Å². The van der Waals surface area contributed by atoms with Crippen molar-refractivity contribution in [2.75, 3.05) is 11.5 Å². The second kappa shape index (κ2) is 6.54. The molecule has 0 aromatic rings. The first-order valence-electron chi connectivity index (χ1n) is 6.66. The Morgan fingerprint density at radius 3 is 1.96 bits per heavy atom. The van der Waals surface area contributed by atoms with Crippen molar-refractivity contribution in [3.8, 4) is 0 Å². The molecule has 0 aromatic heterocycles. The van der Waals surface area contributed by atoms with Gasteiger partial charge in [0.15, 0.2) is 9.84 Å². The molecule has 0 N–H and O–H groups in total. The Bertz CT molecular complexity index is 570. The van der Waals surface area contributed by atoms with Crippen LogP contribution in [0.15, 0.2) is 0 Å². The molecule has 0 saturated carbocycles. The number of amides is 2. The molecule has 1 unspecified atom stereocenters. The monoisotopic (exact) mass is 381 g/mol. The first-order valence-corrected chi connectivity index (χ1v) is 8.86. The Labute approximate surface area is 135 Å². The molecule has 134 valence electrons. The molecular formula is C12H16ClF4NO4S. The fourth-order valence-corrected chi connectivity index (χ4v) is 4.79. The molecular weight excluding hydrogens is 366 g/mol. The third kappa shape index (κ3) is 5.30. The molecule has 1 saturated heterocycles. The second-order valence-electron chi connectivity index (χ2n) is 5.88. The smallest absolute Gasteiger partial charge is 0.274 e. The quantitative estimate of drug-likeness (QED) is 0.317. The highest BCUT2D eigenvalue weighted by Gasteiger charge is 2.53. The van der Waals surface area contributed by atoms with E-state index in [2.05, 4.69) is 0 Å². The highest BCUT2D eigenvalue weighted by atomic mass is 35.5. The zero-order valence-corrected chi connectivity index (χ0v) is 13.9. The highest BCUT2D eigenvalue weighted by Crippen LogP contribution is 2.39. The van der Waals surface area contributed by atoms with E-state index in [4.69, 9.17) is 11.6 Å². The van der Waals surface area contributed by atoms with Crippen molar-refractivity contribution in [3.63, 3.8) is 0 Å². The van der Waals surface area contributed by atoms with Gasteiger partial charge in [-0.1, -0.05) is 25.4 Å². The maximum Gasteiger partial charge on any atom is 0.392 e. The molecule has 5 nitrogen and oxygen atoms in total. The number of imide groups is 1. The van der Waals surface area contributed by atoms with E-state index >= 15 is 0 Å². The molecule has 0 bridgehead atoms. The average molecular weight is 382 g/mol. The average Bonchev–Trinajstić information content (AvgIpc) is 2.21. The van der Waals surface area contributed by atoms with E-state index in [1.54, 1.807) is 13.8 Å². The predicted octanol–water partition coefficient (Wildman–Crippen LogP) is 2.25. The number of carbonyl (C=O) groups is 2. The number of sulfone groups is 1. The van der Waals surface area contributed by atoms with Gasteiger partial charge in [0, 0.05) is 12.8 Å². The van der Waals surface area contributed by atoms with Gasteiger partial charge in [0.2, 0.25) is 11.8 Å². The van der Waals surface area contributed by atoms with E-state index in [0.29, 0.717) is 0 Å². The zero-order chi connectivity index (χ0) is 18.2. The summed E-state index contributed by atoms with van der Waals surface area (Å²) >= 11 is 5.39. The number of nitrogens with zero attached hydrogens (tertiary/aromatic N) is 1. The zero-order valence-electron chi connectivity index (χ0n) is 12.4. The van der Waals surface area contributed by atoms with Crippen molar-refractivity contribution in [2.45, 2.75) is 38.1 Å². The van der Waals surface area contributed by atoms with Gasteiger partial charge in [-0.25, -0.2) is 13.3 Å². The van der Waals surface area contributed by atoms with Gasteiger partial charge in [0.05, 0.1) is 11.7 Å². The Hall–Kier alpha value is -0.900. The fourth-order valence-electron chi connectivity index (χ4n) is 2.31. The Kier molecular flexibility index (Phi) is 5.73. The normalized spacial score (nSPS) is 21.0. The SMILES string of the molecule is CC(C)CS(=O)(=O)CC(F)(Cl)N1C(=O)CC(C(F)(F)F)CC1=O. The number of hydrogen-bond donors (Lipinski definition) is 0. The lowest BCUT2D eigenvalue weighted by molar-refractivity contribution is -0.197. The summed E-state index contributed by atoms with van der Waals surface area (Å²) < 4.78 is 75.7. The number of halogens is 5. The Morgan fingerprint density at radius 1 is 1.17 bits per heavy atom. The van der Waals surface area contributed by atoms with Gasteiger partial charge in [0.1, 0.15) is 5.75 Å². The molecule has 11 heteroatoms. The van der Waals surface area contributed by atoms with E-state index in [1.807, 2.05) is 0 Å². The van der Waals surface area contributed by atoms with Gasteiger partial charge < -0.3 is 0 Å². The van der Waals surface area contributed by atoms with E-state index < -0.39 is 63.3 Å². The second-order valence-corrected chi connectivity index (χ2v) is 8.57. The van der Waals surface area contributed by atoms with Crippen LogP contribution in [-0.4, -0.2) is 48.1 Å². The Morgan fingerprint density at radius 2 is 1.61 bits per heavy atom. The number of carbonyl (C=O) groups excluding carboxylic acids is 2. The molecule has 0 aliphatic carbocycles. The summed E-state index contributed by atoms with van der Waals surface area (Å²) in [7, 11) is -4.05. The lowest BCUT2D eigenvalue weighted by Gasteiger charge is -2.36. The van der Waals surface area contributed by atoms with Crippen LogP contribution in [0.25, 0.3) is 0 Å². The van der Waals surface area contributed by atoms with Crippen LogP contribution in [0.1, 0.15) is 26.7 Å². The summed E-state index contributed by atoms with van der Waals surface area (Å²) in [6.07, 6.45) is -7.10. The Balaban J connectivity index is 2.97. The van der Waals surface area contributed by atoms with Gasteiger partial charge in [-0.3, -0.25) is 9.59 Å². The minimum Gasteiger partial charge on any atom is -0.274 e. The summed E-state index contributed by atoms with van der Waals surface area (Å²) in [4.78, 5) is 23.2. The van der Waals surface area contributed by atoms with Crippen molar-refractivity contribution >= 4 is 33.3 Å². The summed E-state index contributed by atoms with van der Waals surface area (Å²) in [5.74, 6) is -7.35. The van der Waals surface area contributed by atoms with Crippen LogP contribution in [0, 0.1) is 11.8 Å². The molecule has 23 heavy (non-hydrogen) atoms. The van der Waals surface area contributed by atoms with Gasteiger partial charge in [-0.2, -0.15) is 17.6 Å². The summed E-state index contributed by atoms with van der Waals surface area (Å²) in [6.45, 7) is 3.10. The molecule has 1 rings (SSSR count). The lowest BCUT2D eigenvalue weighted by Crippen LogP contribution is -2.56. The van der Waals surface area contributed by atoms with E-state index in [9.17, 15) is 35.6 Å². The van der Waals surface area contributed by atoms with Gasteiger partial charge in [0.25, 0.3) is 5.25 Å². The van der Waals surface area contributed by atoms with E-state index in [1.165, 1.54) is 0 Å². The minimum atomic E-state index is -4.79. The molecule has 1 fully saturated rings. The number of alkyl halides is 5. The summed E-state index contributed by atoms with van der Waals surface area (Å²) in [5, 5.41) is -3.40. The molecule has 0 aromatic carbocycles. The standard InChI is InChI=1S/C12H16ClF4NO4S/c1-7(2)5-23(21,22)6-11(13,14)18-9(19)3-8(4-10(18)20)12(15,16)17/h7-8H,3-6H2,1-2H3. The first kappa shape index (κ1) is 20.1. The number of piperidine rings is 1. The van der Waals surface area contributed by atoms with Crippen LogP contribution in [0.2, 0.25) is 0 Å². The largest absolute Gasteiger partial charge is 0.392 e. The van der Waals surface area contributed by atoms with Crippen molar-refractivity contribution in [3.05, 3.63) is 0 Å². The fraction of sp³-hybridized carbons (Fsp3) is 0.833. The van der Waals surface area contributed by atoms with Gasteiger partial charge in [-0.15, -0.1) is 0 Å².